The molecule has 2 aromatic rings. The van der Waals surface area contributed by atoms with Crippen molar-refractivity contribution in [1.82, 2.24) is 4.57 Å². The fraction of sp³-hybridized carbons (Fsp3) is 0.333. The van der Waals surface area contributed by atoms with Crippen LogP contribution in [-0.2, 0) is 13.0 Å². The van der Waals surface area contributed by atoms with E-state index in [1.165, 1.54) is 16.5 Å². The molecule has 0 saturated carbocycles. The van der Waals surface area contributed by atoms with Gasteiger partial charge in [-0.1, -0.05) is 12.1 Å². The summed E-state index contributed by atoms with van der Waals surface area (Å²) in [6, 6.07) is 8.49. The lowest BCUT2D eigenvalue weighted by Crippen LogP contribution is -1.93. The summed E-state index contributed by atoms with van der Waals surface area (Å²) in [5.41, 5.74) is 2.46. The molecular formula is C12H15NO. The van der Waals surface area contributed by atoms with Gasteiger partial charge in [0, 0.05) is 24.9 Å². The Morgan fingerprint density at radius 3 is 2.86 bits per heavy atom. The molecular weight excluding hydrogens is 174 g/mol. The molecule has 0 atom stereocenters. The predicted molar refractivity (Wildman–Crippen MR) is 58.4 cm³/mol. The van der Waals surface area contributed by atoms with Crippen molar-refractivity contribution >= 4 is 10.9 Å². The number of hydrogen-bond donors (Lipinski definition) is 1. The lowest BCUT2D eigenvalue weighted by molar-refractivity contribution is 0.299. The fourth-order valence-corrected chi connectivity index (χ4v) is 1.79. The third-order valence-corrected chi connectivity index (χ3v) is 2.58. The second-order valence-corrected chi connectivity index (χ2v) is 3.47. The monoisotopic (exact) mass is 189 g/mol. The van der Waals surface area contributed by atoms with Crippen LogP contribution >= 0.6 is 0 Å². The smallest absolute Gasteiger partial charge is 0.0482 e. The van der Waals surface area contributed by atoms with Crippen LogP contribution in [-0.4, -0.2) is 16.3 Å². The predicted octanol–water partition coefficient (Wildman–Crippen LogP) is 2.20. The summed E-state index contributed by atoms with van der Waals surface area (Å²) < 4.78 is 2.22. The molecule has 2 nitrogen and oxygen atoms in total. The minimum atomic E-state index is 0.221. The van der Waals surface area contributed by atoms with Crippen molar-refractivity contribution < 1.29 is 5.11 Å². The van der Waals surface area contributed by atoms with Crippen molar-refractivity contribution in [1.29, 1.82) is 0 Å². The van der Waals surface area contributed by atoms with E-state index >= 15 is 0 Å². The molecule has 0 amide bonds. The van der Waals surface area contributed by atoms with Crippen LogP contribution in [0.5, 0.6) is 0 Å². The molecule has 0 fully saturated rings. The number of aliphatic hydroxyl groups is 1. The minimum absolute atomic E-state index is 0.221. The lowest BCUT2D eigenvalue weighted by Gasteiger charge is -2.03. The van der Waals surface area contributed by atoms with Crippen molar-refractivity contribution in [2.45, 2.75) is 19.9 Å². The Balaban J connectivity index is 2.50. The Hall–Kier alpha value is -1.28. The fourth-order valence-electron chi connectivity index (χ4n) is 1.79. The molecule has 0 spiro atoms. The van der Waals surface area contributed by atoms with Crippen molar-refractivity contribution in [2.24, 2.45) is 0 Å². The third-order valence-electron chi connectivity index (χ3n) is 2.58. The van der Waals surface area contributed by atoms with E-state index in [1.54, 1.807) is 0 Å². The first kappa shape index (κ1) is 9.28. The van der Waals surface area contributed by atoms with E-state index < -0.39 is 0 Å². The quantitative estimate of drug-likeness (QED) is 0.786. The first-order valence-corrected chi connectivity index (χ1v) is 5.03. The van der Waals surface area contributed by atoms with Crippen LogP contribution in [0.3, 0.4) is 0 Å². The first-order chi connectivity index (χ1) is 6.85. The summed E-state index contributed by atoms with van der Waals surface area (Å²) in [5, 5.41) is 10.1. The molecule has 0 unspecified atom stereocenters. The number of aromatic nitrogens is 1. The number of fused-ring (bicyclic) bond motifs is 1. The number of benzene rings is 1. The van der Waals surface area contributed by atoms with Gasteiger partial charge in [-0.15, -0.1) is 0 Å². The summed E-state index contributed by atoms with van der Waals surface area (Å²) in [6.07, 6.45) is 2.85. The molecule has 0 saturated heterocycles. The highest BCUT2D eigenvalue weighted by atomic mass is 16.2. The van der Waals surface area contributed by atoms with E-state index in [0.717, 1.165) is 13.0 Å². The van der Waals surface area contributed by atoms with Gasteiger partial charge in [-0.05, 0) is 36.4 Å². The van der Waals surface area contributed by atoms with E-state index in [-0.39, 0.29) is 6.61 Å². The van der Waals surface area contributed by atoms with E-state index in [9.17, 15) is 0 Å². The standard InChI is InChI=1S/C12H15NO/c1-2-13-7-5-11-4-3-10(6-8-14)9-12(11)13/h3-5,7,9,14H,2,6,8H2,1H3. The molecule has 14 heavy (non-hydrogen) atoms. The lowest BCUT2D eigenvalue weighted by atomic mass is 10.1. The van der Waals surface area contributed by atoms with Gasteiger partial charge < -0.3 is 9.67 Å². The van der Waals surface area contributed by atoms with E-state index in [4.69, 9.17) is 5.11 Å². The van der Waals surface area contributed by atoms with E-state index in [2.05, 4.69) is 42.0 Å². The van der Waals surface area contributed by atoms with E-state index in [0.29, 0.717) is 0 Å². The average Bonchev–Trinajstić information content (AvgIpc) is 2.60. The van der Waals surface area contributed by atoms with Crippen LogP contribution in [0, 0.1) is 0 Å². The molecule has 0 aliphatic heterocycles. The maximum Gasteiger partial charge on any atom is 0.0482 e. The molecule has 2 rings (SSSR count). The summed E-state index contributed by atoms with van der Waals surface area (Å²) in [4.78, 5) is 0. The second kappa shape index (κ2) is 3.84. The van der Waals surface area contributed by atoms with Crippen LogP contribution in [0.25, 0.3) is 10.9 Å². The molecule has 0 bridgehead atoms. The Bertz CT molecular complexity index is 431. The minimum Gasteiger partial charge on any atom is -0.396 e. The van der Waals surface area contributed by atoms with Crippen molar-refractivity contribution in [3.05, 3.63) is 36.0 Å². The maximum atomic E-state index is 8.86. The normalized spacial score (nSPS) is 11.0. The number of aliphatic hydroxyl groups excluding tert-OH is 1. The zero-order valence-corrected chi connectivity index (χ0v) is 8.40. The Kier molecular flexibility index (Phi) is 2.55. The Morgan fingerprint density at radius 2 is 2.14 bits per heavy atom. The number of rotatable bonds is 3. The first-order valence-electron chi connectivity index (χ1n) is 5.03. The third kappa shape index (κ3) is 1.53. The molecule has 0 radical (unpaired) electrons. The highest BCUT2D eigenvalue weighted by Crippen LogP contribution is 2.17. The van der Waals surface area contributed by atoms with Gasteiger partial charge in [0.2, 0.25) is 0 Å². The Morgan fingerprint density at radius 1 is 1.29 bits per heavy atom. The SMILES string of the molecule is CCn1ccc2ccc(CCO)cc21. The van der Waals surface area contributed by atoms with Crippen molar-refractivity contribution in [3.63, 3.8) is 0 Å². The van der Waals surface area contributed by atoms with Crippen LogP contribution < -0.4 is 0 Å². The highest BCUT2D eigenvalue weighted by molar-refractivity contribution is 5.80. The van der Waals surface area contributed by atoms with Crippen LogP contribution in [0.1, 0.15) is 12.5 Å². The number of hydrogen-bond acceptors (Lipinski definition) is 1. The van der Waals surface area contributed by atoms with Gasteiger partial charge in [-0.25, -0.2) is 0 Å². The number of nitrogens with zero attached hydrogens (tertiary/aromatic N) is 1. The molecule has 0 aliphatic rings. The van der Waals surface area contributed by atoms with Gasteiger partial charge in [0.05, 0.1) is 0 Å². The van der Waals surface area contributed by atoms with Crippen molar-refractivity contribution in [3.8, 4) is 0 Å². The summed E-state index contributed by atoms with van der Waals surface area (Å²) >= 11 is 0. The van der Waals surface area contributed by atoms with Crippen LogP contribution in [0.15, 0.2) is 30.5 Å². The molecule has 1 aromatic carbocycles. The van der Waals surface area contributed by atoms with Crippen molar-refractivity contribution in [2.75, 3.05) is 6.61 Å². The van der Waals surface area contributed by atoms with Gasteiger partial charge in [-0.2, -0.15) is 0 Å². The number of aryl methyl sites for hydroxylation is 1. The van der Waals surface area contributed by atoms with Gasteiger partial charge in [0.1, 0.15) is 0 Å². The zero-order valence-electron chi connectivity index (χ0n) is 8.40. The van der Waals surface area contributed by atoms with Gasteiger partial charge in [0.15, 0.2) is 0 Å². The topological polar surface area (TPSA) is 25.2 Å². The highest BCUT2D eigenvalue weighted by Gasteiger charge is 2.00. The summed E-state index contributed by atoms with van der Waals surface area (Å²) in [5.74, 6) is 0. The van der Waals surface area contributed by atoms with Crippen LogP contribution in [0.4, 0.5) is 0 Å². The van der Waals surface area contributed by atoms with Gasteiger partial charge in [-0.3, -0.25) is 0 Å². The van der Waals surface area contributed by atoms with Gasteiger partial charge >= 0.3 is 0 Å². The molecule has 0 aliphatic carbocycles. The van der Waals surface area contributed by atoms with E-state index in [1.807, 2.05) is 0 Å². The average molecular weight is 189 g/mol. The summed E-state index contributed by atoms with van der Waals surface area (Å²) in [6.45, 7) is 3.35. The Labute approximate surface area is 83.8 Å². The molecule has 1 heterocycles. The van der Waals surface area contributed by atoms with Gasteiger partial charge in [0.25, 0.3) is 0 Å². The van der Waals surface area contributed by atoms with Crippen LogP contribution in [0.2, 0.25) is 0 Å². The largest absolute Gasteiger partial charge is 0.396 e. The molecule has 2 heteroatoms. The summed E-state index contributed by atoms with van der Waals surface area (Å²) in [7, 11) is 0. The molecule has 1 aromatic heterocycles. The zero-order chi connectivity index (χ0) is 9.97. The maximum absolute atomic E-state index is 8.86. The molecule has 1 N–H and O–H groups in total. The second-order valence-electron chi connectivity index (χ2n) is 3.47. The molecule has 74 valence electrons.